The number of nitrogens with zero attached hydrogens (tertiary/aromatic N) is 4. The molecule has 0 aromatic carbocycles. The molecule has 3 heterocycles. The van der Waals surface area contributed by atoms with Crippen molar-refractivity contribution in [1.29, 1.82) is 5.26 Å². The lowest BCUT2D eigenvalue weighted by atomic mass is 9.80. The van der Waals surface area contributed by atoms with Crippen molar-refractivity contribution in [2.75, 3.05) is 7.05 Å². The zero-order valence-electron chi connectivity index (χ0n) is 18.3. The molecule has 164 valence electrons. The molecule has 4 atom stereocenters. The van der Waals surface area contributed by atoms with E-state index in [2.05, 4.69) is 11.1 Å². The van der Waals surface area contributed by atoms with E-state index in [0.29, 0.717) is 5.56 Å². The largest absolute Gasteiger partial charge is 0.320 e. The quantitative estimate of drug-likeness (QED) is 0.677. The minimum atomic E-state index is -1.57. The summed E-state index contributed by atoms with van der Waals surface area (Å²) in [5, 5.41) is 9.47. The normalized spacial score (nSPS) is 32.6. The van der Waals surface area contributed by atoms with E-state index in [1.807, 2.05) is 6.92 Å². The Hall–Kier alpha value is -2.38. The summed E-state index contributed by atoms with van der Waals surface area (Å²) < 4.78 is 0. The summed E-state index contributed by atoms with van der Waals surface area (Å²) in [6.07, 6.45) is 1.57. The number of nitriles is 1. The minimum absolute atomic E-state index is 0.0188. The Labute approximate surface area is 189 Å². The van der Waals surface area contributed by atoms with E-state index < -0.39 is 33.0 Å². The Bertz CT molecular complexity index is 1020. The Morgan fingerprint density at radius 1 is 1.16 bits per heavy atom. The van der Waals surface area contributed by atoms with Gasteiger partial charge in [-0.1, -0.05) is 17.8 Å². The monoisotopic (exact) mass is 460 g/mol. The van der Waals surface area contributed by atoms with Gasteiger partial charge in [-0.3, -0.25) is 24.2 Å². The van der Waals surface area contributed by atoms with Crippen LogP contribution in [-0.2, 0) is 19.2 Å². The van der Waals surface area contributed by atoms with E-state index in [0.717, 1.165) is 29.2 Å². The van der Waals surface area contributed by atoms with Gasteiger partial charge in [-0.25, -0.2) is 0 Å². The lowest BCUT2D eigenvalue weighted by Gasteiger charge is -2.52. The highest BCUT2D eigenvalue weighted by molar-refractivity contribution is 8.16. The van der Waals surface area contributed by atoms with Crippen LogP contribution < -0.4 is 0 Å². The van der Waals surface area contributed by atoms with Crippen LogP contribution in [0.2, 0.25) is 0 Å². The van der Waals surface area contributed by atoms with Gasteiger partial charge in [-0.2, -0.15) is 5.26 Å². The van der Waals surface area contributed by atoms with Crippen molar-refractivity contribution < 1.29 is 19.2 Å². The lowest BCUT2D eigenvalue weighted by molar-refractivity contribution is -0.163. The van der Waals surface area contributed by atoms with Crippen LogP contribution >= 0.6 is 23.5 Å². The van der Waals surface area contributed by atoms with Crippen LogP contribution in [0.1, 0.15) is 51.4 Å². The molecule has 0 radical (unpaired) electrons. The number of fused-ring (bicyclic) bond motifs is 1. The molecule has 8 nitrogen and oxygen atoms in total. The fourth-order valence-corrected chi connectivity index (χ4v) is 6.80. The number of hydrogen-bond acceptors (Lipinski definition) is 8. The molecule has 3 rings (SSSR count). The zero-order valence-corrected chi connectivity index (χ0v) is 19.9. The second-order valence-corrected chi connectivity index (χ2v) is 11.4. The van der Waals surface area contributed by atoms with Crippen molar-refractivity contribution in [3.8, 4) is 6.07 Å². The fraction of sp³-hybridized carbons (Fsp3) is 0.524. The van der Waals surface area contributed by atoms with Crippen molar-refractivity contribution in [2.45, 2.75) is 56.8 Å². The molecule has 0 N–H and O–H groups in total. The zero-order chi connectivity index (χ0) is 23.4. The van der Waals surface area contributed by atoms with Crippen LogP contribution in [-0.4, -0.2) is 53.6 Å². The number of piperazine rings is 1. The van der Waals surface area contributed by atoms with Crippen LogP contribution in [0.15, 0.2) is 18.3 Å². The molecule has 1 unspecified atom stereocenters. The summed E-state index contributed by atoms with van der Waals surface area (Å²) in [6.45, 7) is 7.70. The average Bonchev–Trinajstić information content (AvgIpc) is 2.95. The van der Waals surface area contributed by atoms with E-state index >= 15 is 0 Å². The van der Waals surface area contributed by atoms with Gasteiger partial charge in [0.25, 0.3) is 11.8 Å². The van der Waals surface area contributed by atoms with Crippen LogP contribution in [0.3, 0.4) is 0 Å². The molecule has 31 heavy (non-hydrogen) atoms. The molecule has 2 amide bonds. The van der Waals surface area contributed by atoms with Crippen molar-refractivity contribution in [2.24, 2.45) is 5.41 Å². The van der Waals surface area contributed by atoms with Crippen LogP contribution in [0, 0.1) is 23.7 Å². The van der Waals surface area contributed by atoms with Gasteiger partial charge < -0.3 is 9.80 Å². The van der Waals surface area contributed by atoms with Gasteiger partial charge in [0.15, 0.2) is 20.0 Å². The highest BCUT2D eigenvalue weighted by Crippen LogP contribution is 2.62. The summed E-state index contributed by atoms with van der Waals surface area (Å²) in [7, 11) is 1.46. The van der Waals surface area contributed by atoms with Gasteiger partial charge in [0, 0.05) is 39.2 Å². The number of hydrogen-bond donors (Lipinski definition) is 0. The Kier molecular flexibility index (Phi) is 5.74. The summed E-state index contributed by atoms with van der Waals surface area (Å²) in [5.41, 5.74) is 0.210. The van der Waals surface area contributed by atoms with E-state index in [4.69, 9.17) is 0 Å². The topological polar surface area (TPSA) is 111 Å². The van der Waals surface area contributed by atoms with Gasteiger partial charge in [0.05, 0.1) is 17.5 Å². The maximum atomic E-state index is 14.0. The molecule has 2 aliphatic rings. The molecule has 0 spiro atoms. The third kappa shape index (κ3) is 3.44. The third-order valence-electron chi connectivity index (χ3n) is 5.91. The number of amides is 2. The molecular weight excluding hydrogens is 436 g/mol. The number of aromatic nitrogens is 1. The Balaban J connectivity index is 2.31. The van der Waals surface area contributed by atoms with E-state index in [1.165, 1.54) is 37.6 Å². The minimum Gasteiger partial charge on any atom is -0.320 e. The Morgan fingerprint density at radius 2 is 1.77 bits per heavy atom. The molecule has 10 heteroatoms. The average molecular weight is 461 g/mol. The van der Waals surface area contributed by atoms with Gasteiger partial charge >= 0.3 is 0 Å². The molecule has 1 aromatic rings. The maximum Gasteiger partial charge on any atom is 0.261 e. The molecule has 0 saturated carbocycles. The lowest BCUT2D eigenvalue weighted by Crippen LogP contribution is -2.71. The van der Waals surface area contributed by atoms with E-state index in [1.54, 1.807) is 25.3 Å². The second kappa shape index (κ2) is 7.64. The van der Waals surface area contributed by atoms with Crippen LogP contribution in [0.5, 0.6) is 0 Å². The summed E-state index contributed by atoms with van der Waals surface area (Å²) in [4.78, 5) is 55.8. The number of carbonyl (C=O) groups excluding carboxylic acids is 4. The number of aryl methyl sites for hydroxylation is 1. The summed E-state index contributed by atoms with van der Waals surface area (Å²) >= 11 is 1.51. The summed E-state index contributed by atoms with van der Waals surface area (Å²) in [6, 6.07) is 5.04. The first-order chi connectivity index (χ1) is 14.3. The third-order valence-corrected chi connectivity index (χ3v) is 8.19. The molecular formula is C21H24N4O4S2. The summed E-state index contributed by atoms with van der Waals surface area (Å²) in [5.74, 6) is -0.972. The number of thioether (sulfide) groups is 2. The highest BCUT2D eigenvalue weighted by Gasteiger charge is 2.71. The molecule has 0 bridgehead atoms. The van der Waals surface area contributed by atoms with Crippen molar-refractivity contribution in [3.05, 3.63) is 29.6 Å². The first-order valence-electron chi connectivity index (χ1n) is 9.67. The van der Waals surface area contributed by atoms with Gasteiger partial charge in [0.2, 0.25) is 0 Å². The maximum absolute atomic E-state index is 14.0. The smallest absolute Gasteiger partial charge is 0.261 e. The molecule has 1 aromatic heterocycles. The van der Waals surface area contributed by atoms with Gasteiger partial charge in [0.1, 0.15) is 0 Å². The number of carbonyl (C=O) groups is 4. The van der Waals surface area contributed by atoms with E-state index in [9.17, 15) is 24.4 Å². The van der Waals surface area contributed by atoms with Gasteiger partial charge in [-0.15, -0.1) is 0 Å². The highest BCUT2D eigenvalue weighted by atomic mass is 32.2. The van der Waals surface area contributed by atoms with Gasteiger partial charge in [-0.05, 0) is 44.2 Å². The molecule has 2 aliphatic heterocycles. The number of likely N-dealkylation sites (N-methyl/N-ethyl adjacent to an activating group) is 1. The molecule has 2 saturated heterocycles. The second-order valence-electron chi connectivity index (χ2n) is 8.34. The number of rotatable bonds is 3. The predicted molar refractivity (Wildman–Crippen MR) is 117 cm³/mol. The first kappa shape index (κ1) is 23.3. The van der Waals surface area contributed by atoms with E-state index in [-0.39, 0.29) is 16.7 Å². The SMILES string of the molecule is CC(=O)S[C@@]1(C)C(=O)N2C(c3ccc(C)nc3)[C@@](C)(C#N)C[C@]2(SC(C)=O)C(=O)N1C. The standard InChI is InChI=1S/C21H24N4O4S2/c1-12-7-8-15(9-23-12)16-19(4,11-22)10-21(31-14(3)27)18(29)24(6)20(5,30-13(2)26)17(28)25(16)21/h7-9,16H,10H2,1-6H3/t16?,19-,20+,21+/m1/s1. The van der Waals surface area contributed by atoms with Crippen LogP contribution in [0.25, 0.3) is 0 Å². The first-order valence-corrected chi connectivity index (χ1v) is 11.3. The Morgan fingerprint density at radius 3 is 2.26 bits per heavy atom. The van der Waals surface area contributed by atoms with Crippen molar-refractivity contribution >= 4 is 45.6 Å². The molecule has 0 aliphatic carbocycles. The molecule has 2 fully saturated rings. The number of pyridine rings is 1. The van der Waals surface area contributed by atoms with Crippen LogP contribution in [0.4, 0.5) is 0 Å². The van der Waals surface area contributed by atoms with Crippen molar-refractivity contribution in [1.82, 2.24) is 14.8 Å². The van der Waals surface area contributed by atoms with Crippen molar-refractivity contribution in [3.63, 3.8) is 0 Å². The predicted octanol–water partition coefficient (Wildman–Crippen LogP) is 2.64. The fourth-order valence-electron chi connectivity index (χ4n) is 4.47.